The third-order valence-electron chi connectivity index (χ3n) is 6.92. The van der Waals surface area contributed by atoms with E-state index >= 15 is 0 Å². The molecule has 1 amide bonds. The van der Waals surface area contributed by atoms with Gasteiger partial charge in [0, 0.05) is 61.0 Å². The maximum absolute atomic E-state index is 12.7. The van der Waals surface area contributed by atoms with E-state index in [4.69, 9.17) is 11.6 Å². The molecule has 1 aromatic carbocycles. The van der Waals surface area contributed by atoms with Gasteiger partial charge in [0.2, 0.25) is 5.91 Å². The first-order chi connectivity index (χ1) is 13.5. The molecule has 1 aromatic rings. The molecular weight excluding hydrogens is 370 g/mol. The molecule has 2 unspecified atom stereocenters. The average Bonchev–Trinajstić information content (AvgIpc) is 3.09. The zero-order chi connectivity index (χ0) is 19.7. The first-order valence-corrected chi connectivity index (χ1v) is 11.2. The van der Waals surface area contributed by atoms with E-state index < -0.39 is 0 Å². The molecule has 0 aromatic heterocycles. The number of halogens is 1. The quantitative estimate of drug-likeness (QED) is 0.749. The van der Waals surface area contributed by atoms with Gasteiger partial charge in [0.25, 0.3) is 0 Å². The van der Waals surface area contributed by atoms with Crippen LogP contribution in [0.15, 0.2) is 24.8 Å². The van der Waals surface area contributed by atoms with Crippen molar-refractivity contribution >= 4 is 28.8 Å². The first kappa shape index (κ1) is 19.8. The summed E-state index contributed by atoms with van der Waals surface area (Å²) in [6.45, 7) is 8.06. The summed E-state index contributed by atoms with van der Waals surface area (Å²) in [6.07, 6.45) is 7.63. The van der Waals surface area contributed by atoms with Gasteiger partial charge in [-0.1, -0.05) is 18.2 Å². The largest absolute Gasteiger partial charge is 0.370 e. The van der Waals surface area contributed by atoms with Crippen molar-refractivity contribution in [2.45, 2.75) is 57.0 Å². The number of piperidine rings is 1. The highest BCUT2D eigenvalue weighted by Crippen LogP contribution is 2.39. The molecule has 28 heavy (non-hydrogen) atoms. The number of benzene rings is 1. The summed E-state index contributed by atoms with van der Waals surface area (Å²) in [6, 6.07) is 7.12. The predicted molar refractivity (Wildman–Crippen MR) is 117 cm³/mol. The molecule has 152 valence electrons. The predicted octanol–water partition coefficient (Wildman–Crippen LogP) is 4.43. The standard InChI is InChI=1S/C23H32ClN3O/c1-17-20-16-18(24)6-8-22(20)26(14-10-19-7-9-21(17)25(19)2)15-11-23(28)27-12-4-3-5-13-27/h6,8,16,19,21H,1,3-5,7,9-15H2,2H3. The molecule has 5 heteroatoms. The van der Waals surface area contributed by atoms with E-state index in [0.29, 0.717) is 24.4 Å². The van der Waals surface area contributed by atoms with Crippen LogP contribution in [0.25, 0.3) is 5.57 Å². The molecule has 4 nitrogen and oxygen atoms in total. The van der Waals surface area contributed by atoms with Crippen LogP contribution in [0.1, 0.15) is 50.5 Å². The van der Waals surface area contributed by atoms with Crippen LogP contribution >= 0.6 is 11.6 Å². The SMILES string of the molecule is C=C1c2cc(Cl)ccc2N(CCC(=O)N2CCCCC2)CCC2CCC1N2C. The lowest BCUT2D eigenvalue weighted by Gasteiger charge is -2.31. The second-order valence-corrected chi connectivity index (χ2v) is 9.00. The van der Waals surface area contributed by atoms with E-state index in [1.54, 1.807) is 0 Å². The molecule has 3 aliphatic heterocycles. The van der Waals surface area contributed by atoms with Gasteiger partial charge in [-0.15, -0.1) is 0 Å². The van der Waals surface area contributed by atoms with Gasteiger partial charge in [-0.25, -0.2) is 0 Å². The fourth-order valence-corrected chi connectivity index (χ4v) is 5.36. The van der Waals surface area contributed by atoms with Gasteiger partial charge < -0.3 is 9.80 Å². The van der Waals surface area contributed by atoms with Crippen molar-refractivity contribution in [3.63, 3.8) is 0 Å². The van der Waals surface area contributed by atoms with E-state index in [-0.39, 0.29) is 0 Å². The number of likely N-dealkylation sites (tertiary alicyclic amines) is 1. The van der Waals surface area contributed by atoms with Crippen molar-refractivity contribution < 1.29 is 4.79 Å². The molecule has 0 aliphatic carbocycles. The molecule has 4 rings (SSSR count). The summed E-state index contributed by atoms with van der Waals surface area (Å²) in [5, 5.41) is 0.751. The Morgan fingerprint density at radius 1 is 1.14 bits per heavy atom. The summed E-state index contributed by atoms with van der Waals surface area (Å²) in [7, 11) is 2.23. The summed E-state index contributed by atoms with van der Waals surface area (Å²) in [5.41, 5.74) is 3.50. The lowest BCUT2D eigenvalue weighted by Crippen LogP contribution is -2.38. The van der Waals surface area contributed by atoms with Crippen LogP contribution < -0.4 is 4.90 Å². The second-order valence-electron chi connectivity index (χ2n) is 8.57. The third kappa shape index (κ3) is 3.95. The van der Waals surface area contributed by atoms with Crippen molar-refractivity contribution in [3.05, 3.63) is 35.4 Å². The van der Waals surface area contributed by atoms with Crippen molar-refractivity contribution in [3.8, 4) is 0 Å². The Kier molecular flexibility index (Phi) is 5.98. The smallest absolute Gasteiger partial charge is 0.224 e. The number of carbonyl (C=O) groups excluding carboxylic acids is 1. The fourth-order valence-electron chi connectivity index (χ4n) is 5.19. The van der Waals surface area contributed by atoms with Gasteiger partial charge in [0.1, 0.15) is 0 Å². The maximum Gasteiger partial charge on any atom is 0.224 e. The number of rotatable bonds is 3. The van der Waals surface area contributed by atoms with Gasteiger partial charge >= 0.3 is 0 Å². The van der Waals surface area contributed by atoms with Gasteiger partial charge in [0.05, 0.1) is 0 Å². The highest BCUT2D eigenvalue weighted by Gasteiger charge is 2.35. The molecule has 3 heterocycles. The van der Waals surface area contributed by atoms with E-state index in [9.17, 15) is 4.79 Å². The van der Waals surface area contributed by atoms with E-state index in [0.717, 1.165) is 61.6 Å². The topological polar surface area (TPSA) is 26.8 Å². The normalized spacial score (nSPS) is 25.9. The minimum Gasteiger partial charge on any atom is -0.370 e. The van der Waals surface area contributed by atoms with Crippen LogP contribution in [0.2, 0.25) is 5.02 Å². The molecule has 0 N–H and O–H groups in total. The van der Waals surface area contributed by atoms with E-state index in [1.807, 2.05) is 6.07 Å². The van der Waals surface area contributed by atoms with Gasteiger partial charge in [-0.3, -0.25) is 9.69 Å². The molecule has 2 atom stereocenters. The zero-order valence-corrected chi connectivity index (χ0v) is 17.8. The molecule has 3 aliphatic rings. The van der Waals surface area contributed by atoms with Crippen molar-refractivity contribution in [1.29, 1.82) is 0 Å². The molecule has 2 bridgehead atoms. The Labute approximate surface area is 174 Å². The lowest BCUT2D eigenvalue weighted by molar-refractivity contribution is -0.131. The zero-order valence-electron chi connectivity index (χ0n) is 17.0. The van der Waals surface area contributed by atoms with Crippen molar-refractivity contribution in [1.82, 2.24) is 9.80 Å². The van der Waals surface area contributed by atoms with Crippen molar-refractivity contribution in [2.24, 2.45) is 0 Å². The molecular formula is C23H32ClN3O. The summed E-state index contributed by atoms with van der Waals surface area (Å²) in [4.78, 5) is 19.7. The number of likely N-dealkylation sites (N-methyl/N-ethyl adjacent to an activating group) is 1. The van der Waals surface area contributed by atoms with Crippen LogP contribution in [0.3, 0.4) is 0 Å². The number of anilines is 1. The molecule has 2 saturated heterocycles. The number of hydrogen-bond acceptors (Lipinski definition) is 3. The summed E-state index contributed by atoms with van der Waals surface area (Å²) >= 11 is 6.36. The third-order valence-corrected chi connectivity index (χ3v) is 7.16. The van der Waals surface area contributed by atoms with Crippen LogP contribution in [-0.4, -0.2) is 61.0 Å². The number of fused-ring (bicyclic) bond motifs is 3. The average molecular weight is 402 g/mol. The van der Waals surface area contributed by atoms with Gasteiger partial charge in [0.15, 0.2) is 0 Å². The molecule has 0 spiro atoms. The fraction of sp³-hybridized carbons (Fsp3) is 0.609. The first-order valence-electron chi connectivity index (χ1n) is 10.8. The number of hydrogen-bond donors (Lipinski definition) is 0. The lowest BCUT2D eigenvalue weighted by atomic mass is 9.95. The van der Waals surface area contributed by atoms with Crippen LogP contribution in [0.5, 0.6) is 0 Å². The van der Waals surface area contributed by atoms with Crippen molar-refractivity contribution in [2.75, 3.05) is 38.1 Å². The Bertz CT molecular complexity index is 743. The number of nitrogens with zero attached hydrogens (tertiary/aromatic N) is 3. The highest BCUT2D eigenvalue weighted by molar-refractivity contribution is 6.30. The molecule has 2 fully saturated rings. The Balaban J connectivity index is 1.56. The van der Waals surface area contributed by atoms with Crippen LogP contribution in [0, 0.1) is 0 Å². The van der Waals surface area contributed by atoms with E-state index in [2.05, 4.69) is 40.5 Å². The Morgan fingerprint density at radius 3 is 2.71 bits per heavy atom. The summed E-state index contributed by atoms with van der Waals surface area (Å²) < 4.78 is 0. The van der Waals surface area contributed by atoms with Gasteiger partial charge in [-0.2, -0.15) is 0 Å². The Morgan fingerprint density at radius 2 is 1.93 bits per heavy atom. The minimum atomic E-state index is 0.299. The van der Waals surface area contributed by atoms with Gasteiger partial charge in [-0.05, 0) is 69.3 Å². The molecule has 0 radical (unpaired) electrons. The van der Waals surface area contributed by atoms with E-state index in [1.165, 1.54) is 24.9 Å². The number of amides is 1. The molecule has 0 saturated carbocycles. The highest BCUT2D eigenvalue weighted by atomic mass is 35.5. The second kappa shape index (κ2) is 8.46. The minimum absolute atomic E-state index is 0.299. The van der Waals surface area contributed by atoms with Crippen LogP contribution in [0.4, 0.5) is 5.69 Å². The summed E-state index contributed by atoms with van der Waals surface area (Å²) in [5.74, 6) is 0.299. The maximum atomic E-state index is 12.7. The Hall–Kier alpha value is -1.52. The monoisotopic (exact) mass is 401 g/mol. The van der Waals surface area contributed by atoms with Crippen LogP contribution in [-0.2, 0) is 4.79 Å². The number of carbonyl (C=O) groups is 1.